The van der Waals surface area contributed by atoms with E-state index in [1.807, 2.05) is 7.05 Å². The van der Waals surface area contributed by atoms with Crippen molar-refractivity contribution < 1.29 is 14.2 Å². The molecule has 1 N–H and O–H groups in total. The van der Waals surface area contributed by atoms with Crippen LogP contribution in [0.4, 0.5) is 0 Å². The van der Waals surface area contributed by atoms with Gasteiger partial charge in [0, 0.05) is 39.4 Å². The molecule has 0 aromatic carbocycles. The normalized spacial score (nSPS) is 21.9. The van der Waals surface area contributed by atoms with Gasteiger partial charge in [0.05, 0.1) is 26.4 Å². The summed E-state index contributed by atoms with van der Waals surface area (Å²) < 4.78 is 15.9. The van der Waals surface area contributed by atoms with Crippen LogP contribution in [-0.2, 0) is 14.2 Å². The molecule has 5 nitrogen and oxygen atoms in total. The number of rotatable bonds is 9. The Morgan fingerprint density at radius 1 is 1.35 bits per heavy atom. The maximum absolute atomic E-state index is 5.49. The molecule has 1 aliphatic rings. The minimum atomic E-state index is 0.507. The molecule has 1 aliphatic heterocycles. The smallest absolute Gasteiger partial charge is 0.0700 e. The zero-order valence-electron chi connectivity index (χ0n) is 11.1. The van der Waals surface area contributed by atoms with Crippen LogP contribution < -0.4 is 5.32 Å². The molecular weight excluding hydrogens is 220 g/mol. The van der Waals surface area contributed by atoms with Crippen molar-refractivity contribution in [2.45, 2.75) is 12.5 Å². The highest BCUT2D eigenvalue weighted by Gasteiger charge is 2.21. The lowest BCUT2D eigenvalue weighted by Crippen LogP contribution is -2.50. The van der Waals surface area contributed by atoms with Crippen molar-refractivity contribution in [3.8, 4) is 0 Å². The molecule has 0 amide bonds. The third kappa shape index (κ3) is 6.33. The van der Waals surface area contributed by atoms with Crippen LogP contribution >= 0.6 is 0 Å². The van der Waals surface area contributed by atoms with E-state index in [1.165, 1.54) is 0 Å². The molecule has 1 rings (SSSR count). The molecular formula is C12H26N2O3. The number of hydrogen-bond donors (Lipinski definition) is 1. The lowest BCUT2D eigenvalue weighted by molar-refractivity contribution is -0.0114. The summed E-state index contributed by atoms with van der Waals surface area (Å²) in [6.07, 6.45) is 1.07. The molecule has 1 fully saturated rings. The maximum Gasteiger partial charge on any atom is 0.0700 e. The molecule has 0 aromatic heterocycles. The molecule has 1 unspecified atom stereocenters. The van der Waals surface area contributed by atoms with E-state index in [9.17, 15) is 0 Å². The Morgan fingerprint density at radius 3 is 3.00 bits per heavy atom. The van der Waals surface area contributed by atoms with Crippen molar-refractivity contribution in [1.29, 1.82) is 0 Å². The molecule has 0 bridgehead atoms. The van der Waals surface area contributed by atoms with Gasteiger partial charge in [0.15, 0.2) is 0 Å². The fourth-order valence-electron chi connectivity index (χ4n) is 2.02. The maximum atomic E-state index is 5.49. The molecule has 1 atom stereocenters. The SMILES string of the molecule is CNCC1COCCN1CCCOCCOC. The number of ether oxygens (including phenoxy) is 3. The van der Waals surface area contributed by atoms with Crippen LogP contribution in [-0.4, -0.2) is 77.8 Å². The summed E-state index contributed by atoms with van der Waals surface area (Å²) in [7, 11) is 3.68. The van der Waals surface area contributed by atoms with Gasteiger partial charge >= 0.3 is 0 Å². The van der Waals surface area contributed by atoms with Gasteiger partial charge in [-0.15, -0.1) is 0 Å². The van der Waals surface area contributed by atoms with Crippen molar-refractivity contribution in [3.63, 3.8) is 0 Å². The molecule has 5 heteroatoms. The van der Waals surface area contributed by atoms with Gasteiger partial charge in [0.2, 0.25) is 0 Å². The second-order valence-electron chi connectivity index (χ2n) is 4.28. The van der Waals surface area contributed by atoms with Crippen molar-refractivity contribution in [3.05, 3.63) is 0 Å². The molecule has 0 spiro atoms. The summed E-state index contributed by atoms with van der Waals surface area (Å²) in [5.41, 5.74) is 0. The van der Waals surface area contributed by atoms with Gasteiger partial charge in [-0.2, -0.15) is 0 Å². The summed E-state index contributed by atoms with van der Waals surface area (Å²) >= 11 is 0. The minimum absolute atomic E-state index is 0.507. The highest BCUT2D eigenvalue weighted by molar-refractivity contribution is 4.76. The second-order valence-corrected chi connectivity index (χ2v) is 4.28. The number of likely N-dealkylation sites (N-methyl/N-ethyl adjacent to an activating group) is 1. The minimum Gasteiger partial charge on any atom is -0.382 e. The van der Waals surface area contributed by atoms with E-state index in [0.717, 1.165) is 45.9 Å². The number of morpholine rings is 1. The van der Waals surface area contributed by atoms with Crippen LogP contribution in [0.5, 0.6) is 0 Å². The molecule has 1 saturated heterocycles. The number of nitrogens with one attached hydrogen (secondary N) is 1. The molecule has 17 heavy (non-hydrogen) atoms. The number of methoxy groups -OCH3 is 1. The van der Waals surface area contributed by atoms with Gasteiger partial charge in [-0.1, -0.05) is 0 Å². The Kier molecular flexibility index (Phi) is 8.56. The average Bonchev–Trinajstić information content (AvgIpc) is 2.36. The first-order valence-corrected chi connectivity index (χ1v) is 6.41. The van der Waals surface area contributed by atoms with Crippen LogP contribution in [0.15, 0.2) is 0 Å². The second kappa shape index (κ2) is 9.79. The van der Waals surface area contributed by atoms with E-state index in [2.05, 4.69) is 10.2 Å². The summed E-state index contributed by atoms with van der Waals surface area (Å²) in [6, 6.07) is 0.507. The summed E-state index contributed by atoms with van der Waals surface area (Å²) in [6.45, 7) is 6.99. The molecule has 102 valence electrons. The van der Waals surface area contributed by atoms with E-state index >= 15 is 0 Å². The Bertz CT molecular complexity index is 179. The van der Waals surface area contributed by atoms with Crippen LogP contribution in [0.25, 0.3) is 0 Å². The Labute approximate surface area is 104 Å². The first-order valence-electron chi connectivity index (χ1n) is 6.41. The van der Waals surface area contributed by atoms with Crippen molar-refractivity contribution in [2.24, 2.45) is 0 Å². The standard InChI is InChI=1S/C12H26N2O3/c1-13-10-12-11-17-7-5-14(12)4-3-6-16-9-8-15-2/h12-13H,3-11H2,1-2H3. The third-order valence-corrected chi connectivity index (χ3v) is 2.96. The first-order chi connectivity index (χ1) is 8.38. The van der Waals surface area contributed by atoms with Gasteiger partial charge in [0.1, 0.15) is 0 Å². The van der Waals surface area contributed by atoms with E-state index in [4.69, 9.17) is 14.2 Å². The molecule has 1 heterocycles. The first kappa shape index (κ1) is 14.9. The van der Waals surface area contributed by atoms with Crippen molar-refractivity contribution in [2.75, 3.05) is 66.8 Å². The monoisotopic (exact) mass is 246 g/mol. The van der Waals surface area contributed by atoms with Crippen LogP contribution in [0.3, 0.4) is 0 Å². The molecule has 0 aliphatic carbocycles. The van der Waals surface area contributed by atoms with E-state index in [0.29, 0.717) is 19.3 Å². The van der Waals surface area contributed by atoms with E-state index in [-0.39, 0.29) is 0 Å². The average molecular weight is 246 g/mol. The Morgan fingerprint density at radius 2 is 2.24 bits per heavy atom. The van der Waals surface area contributed by atoms with Gasteiger partial charge in [-0.3, -0.25) is 4.90 Å². The largest absolute Gasteiger partial charge is 0.382 e. The van der Waals surface area contributed by atoms with Gasteiger partial charge in [-0.25, -0.2) is 0 Å². The highest BCUT2D eigenvalue weighted by atomic mass is 16.5. The summed E-state index contributed by atoms with van der Waals surface area (Å²) in [5, 5.41) is 3.22. The molecule has 0 radical (unpaired) electrons. The highest BCUT2D eigenvalue weighted by Crippen LogP contribution is 2.06. The zero-order chi connectivity index (χ0) is 12.3. The predicted molar refractivity (Wildman–Crippen MR) is 67.4 cm³/mol. The van der Waals surface area contributed by atoms with Crippen LogP contribution in [0.1, 0.15) is 6.42 Å². The topological polar surface area (TPSA) is 43.0 Å². The fraction of sp³-hybridized carbons (Fsp3) is 1.00. The van der Waals surface area contributed by atoms with Gasteiger partial charge in [0.25, 0.3) is 0 Å². The van der Waals surface area contributed by atoms with E-state index < -0.39 is 0 Å². The zero-order valence-corrected chi connectivity index (χ0v) is 11.1. The van der Waals surface area contributed by atoms with Gasteiger partial charge < -0.3 is 19.5 Å². The lowest BCUT2D eigenvalue weighted by atomic mass is 10.2. The quantitative estimate of drug-likeness (QED) is 0.578. The Balaban J connectivity index is 2.06. The summed E-state index contributed by atoms with van der Waals surface area (Å²) in [4.78, 5) is 2.49. The molecule has 0 aromatic rings. The number of nitrogens with zero attached hydrogens (tertiary/aromatic N) is 1. The predicted octanol–water partition coefficient (Wildman–Crippen LogP) is -0.0403. The number of hydrogen-bond acceptors (Lipinski definition) is 5. The fourth-order valence-corrected chi connectivity index (χ4v) is 2.02. The molecule has 0 saturated carbocycles. The third-order valence-electron chi connectivity index (χ3n) is 2.96. The van der Waals surface area contributed by atoms with Crippen LogP contribution in [0.2, 0.25) is 0 Å². The summed E-state index contributed by atoms with van der Waals surface area (Å²) in [5.74, 6) is 0. The van der Waals surface area contributed by atoms with Gasteiger partial charge in [-0.05, 0) is 13.5 Å². The Hall–Kier alpha value is -0.200. The van der Waals surface area contributed by atoms with Crippen LogP contribution in [0, 0.1) is 0 Å². The lowest BCUT2D eigenvalue weighted by Gasteiger charge is -2.35. The van der Waals surface area contributed by atoms with Crippen molar-refractivity contribution in [1.82, 2.24) is 10.2 Å². The van der Waals surface area contributed by atoms with Crippen molar-refractivity contribution >= 4 is 0 Å². The van der Waals surface area contributed by atoms with E-state index in [1.54, 1.807) is 7.11 Å².